The fourth-order valence-corrected chi connectivity index (χ4v) is 3.16. The Bertz CT molecular complexity index is 522. The highest BCUT2D eigenvalue weighted by Gasteiger charge is 2.19. The van der Waals surface area contributed by atoms with Gasteiger partial charge in [-0.05, 0) is 49.9 Å². The number of hydrogen-bond acceptors (Lipinski definition) is 2. The van der Waals surface area contributed by atoms with Crippen molar-refractivity contribution in [2.75, 3.05) is 26.2 Å². The first kappa shape index (κ1) is 21.0. The predicted octanol–water partition coefficient (Wildman–Crippen LogP) is 3.69. The molecule has 1 aromatic rings. The van der Waals surface area contributed by atoms with Crippen molar-refractivity contribution in [1.29, 1.82) is 0 Å². The van der Waals surface area contributed by atoms with Gasteiger partial charge in [0.2, 0.25) is 0 Å². The maximum absolute atomic E-state index is 9.62. The lowest BCUT2D eigenvalue weighted by atomic mass is 10.1. The van der Waals surface area contributed by atoms with Crippen molar-refractivity contribution in [2.24, 2.45) is 4.99 Å². The van der Waals surface area contributed by atoms with Gasteiger partial charge < -0.3 is 15.3 Å². The van der Waals surface area contributed by atoms with E-state index in [2.05, 4.69) is 33.1 Å². The van der Waals surface area contributed by atoms with E-state index in [0.29, 0.717) is 6.54 Å². The largest absolute Gasteiger partial charge is 0.393 e. The van der Waals surface area contributed by atoms with Crippen molar-refractivity contribution in [3.63, 3.8) is 0 Å². The average Bonchev–Trinajstić information content (AvgIpc) is 2.51. The van der Waals surface area contributed by atoms with Gasteiger partial charge >= 0.3 is 0 Å². The Kier molecular flexibility index (Phi) is 9.80. The van der Waals surface area contributed by atoms with Crippen molar-refractivity contribution >= 4 is 57.5 Å². The Morgan fingerprint density at radius 2 is 2.13 bits per heavy atom. The minimum Gasteiger partial charge on any atom is -0.393 e. The van der Waals surface area contributed by atoms with E-state index in [0.717, 1.165) is 54.4 Å². The first-order chi connectivity index (χ1) is 10.6. The van der Waals surface area contributed by atoms with Crippen LogP contribution in [0.1, 0.15) is 25.3 Å². The number of aliphatic imine (C=N–C) groups is 1. The lowest BCUT2D eigenvalue weighted by Gasteiger charge is -2.32. The molecule has 1 saturated heterocycles. The van der Waals surface area contributed by atoms with E-state index in [4.69, 9.17) is 16.6 Å². The summed E-state index contributed by atoms with van der Waals surface area (Å²) in [6, 6.07) is 5.82. The summed E-state index contributed by atoms with van der Waals surface area (Å²) in [6.07, 6.45) is 2.29. The maximum Gasteiger partial charge on any atom is 0.193 e. The molecule has 0 radical (unpaired) electrons. The van der Waals surface area contributed by atoms with Crippen molar-refractivity contribution in [2.45, 2.75) is 32.3 Å². The van der Waals surface area contributed by atoms with Crippen molar-refractivity contribution < 1.29 is 5.11 Å². The third-order valence-corrected chi connectivity index (χ3v) is 4.76. The van der Waals surface area contributed by atoms with Crippen LogP contribution < -0.4 is 5.32 Å². The number of aliphatic hydroxyl groups excluding tert-OH is 1. The van der Waals surface area contributed by atoms with Crippen molar-refractivity contribution in [3.8, 4) is 0 Å². The van der Waals surface area contributed by atoms with Crippen LogP contribution in [0, 0.1) is 0 Å². The summed E-state index contributed by atoms with van der Waals surface area (Å²) in [5.41, 5.74) is 1.17. The lowest BCUT2D eigenvalue weighted by Crippen LogP contribution is -2.46. The van der Waals surface area contributed by atoms with E-state index in [1.165, 1.54) is 5.56 Å². The topological polar surface area (TPSA) is 47.9 Å². The number of piperidine rings is 1. The molecule has 0 atom stereocenters. The van der Waals surface area contributed by atoms with Gasteiger partial charge in [-0.15, -0.1) is 24.0 Å². The summed E-state index contributed by atoms with van der Waals surface area (Å²) in [5.74, 6) is 0.938. The molecule has 4 nitrogen and oxygen atoms in total. The number of aliphatic hydroxyl groups is 1. The van der Waals surface area contributed by atoms with Crippen molar-refractivity contribution in [3.05, 3.63) is 33.3 Å². The number of hydrogen-bond donors (Lipinski definition) is 2. The number of nitrogens with one attached hydrogen (secondary N) is 1. The molecule has 1 fully saturated rings. The zero-order valence-electron chi connectivity index (χ0n) is 13.3. The summed E-state index contributed by atoms with van der Waals surface area (Å²) in [7, 11) is 0. The van der Waals surface area contributed by atoms with E-state index in [1.807, 2.05) is 18.2 Å². The fraction of sp³-hybridized carbons (Fsp3) is 0.562. The SMILES string of the molecule is CCNC(=NCCc1cc(Cl)ccc1Br)N1CCC(O)CC1.I. The molecular weight excluding hydrogens is 492 g/mol. The second-order valence-corrected chi connectivity index (χ2v) is 6.73. The summed E-state index contributed by atoms with van der Waals surface area (Å²) in [4.78, 5) is 6.94. The molecular formula is C16H24BrClIN3O. The van der Waals surface area contributed by atoms with Crippen LogP contribution in [0.25, 0.3) is 0 Å². The van der Waals surface area contributed by atoms with Crippen LogP contribution in [-0.2, 0) is 6.42 Å². The van der Waals surface area contributed by atoms with Crippen molar-refractivity contribution in [1.82, 2.24) is 10.2 Å². The molecule has 130 valence electrons. The number of benzene rings is 1. The molecule has 0 aliphatic carbocycles. The van der Waals surface area contributed by atoms with Gasteiger partial charge in [-0.1, -0.05) is 27.5 Å². The van der Waals surface area contributed by atoms with Crippen LogP contribution in [0.15, 0.2) is 27.7 Å². The molecule has 0 spiro atoms. The van der Waals surface area contributed by atoms with E-state index >= 15 is 0 Å². The molecule has 1 aromatic carbocycles. The first-order valence-corrected chi connectivity index (χ1v) is 8.92. The molecule has 0 bridgehead atoms. The summed E-state index contributed by atoms with van der Waals surface area (Å²) < 4.78 is 1.07. The van der Waals surface area contributed by atoms with E-state index in [9.17, 15) is 5.11 Å². The molecule has 0 unspecified atom stereocenters. The van der Waals surface area contributed by atoms with Gasteiger partial charge in [0.25, 0.3) is 0 Å². The monoisotopic (exact) mass is 515 g/mol. The Morgan fingerprint density at radius 1 is 1.43 bits per heavy atom. The van der Waals surface area contributed by atoms with E-state index < -0.39 is 0 Å². The molecule has 0 aromatic heterocycles. The maximum atomic E-state index is 9.62. The van der Waals surface area contributed by atoms with Gasteiger partial charge in [0.15, 0.2) is 5.96 Å². The highest BCUT2D eigenvalue weighted by Crippen LogP contribution is 2.21. The highest BCUT2D eigenvalue weighted by atomic mass is 127. The second kappa shape index (κ2) is 10.7. The van der Waals surface area contributed by atoms with Gasteiger partial charge in [0.1, 0.15) is 0 Å². The molecule has 0 amide bonds. The third-order valence-electron chi connectivity index (χ3n) is 3.75. The minimum atomic E-state index is -0.165. The molecule has 7 heteroatoms. The minimum absolute atomic E-state index is 0. The van der Waals surface area contributed by atoms with E-state index in [-0.39, 0.29) is 30.1 Å². The first-order valence-electron chi connectivity index (χ1n) is 7.75. The van der Waals surface area contributed by atoms with Gasteiger partial charge in [-0.2, -0.15) is 0 Å². The average molecular weight is 517 g/mol. The number of likely N-dealkylation sites (tertiary alicyclic amines) is 1. The zero-order valence-corrected chi connectivity index (χ0v) is 17.9. The van der Waals surface area contributed by atoms with Crippen LogP contribution in [0.4, 0.5) is 0 Å². The molecule has 2 rings (SSSR count). The Balaban J connectivity index is 0.00000264. The van der Waals surface area contributed by atoms with Gasteiger partial charge in [-0.3, -0.25) is 4.99 Å². The smallest absolute Gasteiger partial charge is 0.193 e. The summed E-state index contributed by atoms with van der Waals surface area (Å²) in [5, 5.41) is 13.7. The standard InChI is InChI=1S/C16H23BrClN3O.HI/c1-2-19-16(21-9-6-14(22)7-10-21)20-8-5-12-11-13(18)3-4-15(12)17;/h3-4,11,14,22H,2,5-10H2,1H3,(H,19,20);1H. The fourth-order valence-electron chi connectivity index (χ4n) is 2.52. The quantitative estimate of drug-likeness (QED) is 0.365. The van der Waals surface area contributed by atoms with Gasteiger partial charge in [0, 0.05) is 35.7 Å². The van der Waals surface area contributed by atoms with Gasteiger partial charge in [-0.25, -0.2) is 0 Å². The van der Waals surface area contributed by atoms with Gasteiger partial charge in [0.05, 0.1) is 6.10 Å². The van der Waals surface area contributed by atoms with Crippen LogP contribution in [0.5, 0.6) is 0 Å². The highest BCUT2D eigenvalue weighted by molar-refractivity contribution is 14.0. The van der Waals surface area contributed by atoms with Crippen LogP contribution in [0.2, 0.25) is 5.02 Å². The number of rotatable bonds is 4. The lowest BCUT2D eigenvalue weighted by molar-refractivity contribution is 0.108. The molecule has 1 heterocycles. The van der Waals surface area contributed by atoms with E-state index in [1.54, 1.807) is 0 Å². The normalized spacial score (nSPS) is 16.2. The summed E-state index contributed by atoms with van der Waals surface area (Å²) in [6.45, 7) is 5.34. The predicted molar refractivity (Wildman–Crippen MR) is 111 cm³/mol. The Morgan fingerprint density at radius 3 is 2.78 bits per heavy atom. The Hall–Kier alpha value is -0.0500. The molecule has 1 aliphatic rings. The third kappa shape index (κ3) is 6.76. The molecule has 1 aliphatic heterocycles. The molecule has 2 N–H and O–H groups in total. The summed E-state index contributed by atoms with van der Waals surface area (Å²) >= 11 is 9.59. The number of halogens is 3. The molecule has 0 saturated carbocycles. The number of nitrogens with zero attached hydrogens (tertiary/aromatic N) is 2. The Labute approximate surface area is 168 Å². The van der Waals surface area contributed by atoms with Crippen LogP contribution in [-0.4, -0.2) is 48.2 Å². The van der Waals surface area contributed by atoms with Crippen LogP contribution >= 0.6 is 51.5 Å². The van der Waals surface area contributed by atoms with Crippen LogP contribution in [0.3, 0.4) is 0 Å². The number of guanidine groups is 1. The second-order valence-electron chi connectivity index (χ2n) is 5.44. The zero-order chi connectivity index (χ0) is 15.9. The molecule has 23 heavy (non-hydrogen) atoms.